The number of rotatable bonds is 2. The van der Waals surface area contributed by atoms with Gasteiger partial charge in [0.1, 0.15) is 5.56 Å². The molecule has 1 atom stereocenters. The lowest BCUT2D eigenvalue weighted by molar-refractivity contribution is -0.147. The van der Waals surface area contributed by atoms with E-state index in [1.807, 2.05) is 13.0 Å². The Hall–Kier alpha value is -2.44. The molecule has 2 aromatic rings. The highest BCUT2D eigenvalue weighted by molar-refractivity contribution is 6.00. The Balaban J connectivity index is 1.92. The summed E-state index contributed by atoms with van der Waals surface area (Å²) in [6, 6.07) is 1.81. The van der Waals surface area contributed by atoms with E-state index < -0.39 is 11.4 Å². The number of fused-ring (bicyclic) bond motifs is 1. The normalized spacial score (nSPS) is 21.9. The summed E-state index contributed by atoms with van der Waals surface area (Å²) in [7, 11) is 0. The number of carbonyl (C=O) groups is 2. The highest BCUT2D eigenvalue weighted by Gasteiger charge is 2.42. The third-order valence-corrected chi connectivity index (χ3v) is 4.02. The Morgan fingerprint density at radius 2 is 2.19 bits per heavy atom. The summed E-state index contributed by atoms with van der Waals surface area (Å²) in [6.07, 6.45) is 3.69. The van der Waals surface area contributed by atoms with Crippen LogP contribution in [0, 0.1) is 12.3 Å². The fourth-order valence-electron chi connectivity index (χ4n) is 2.59. The first-order valence-electron chi connectivity index (χ1n) is 6.74. The second-order valence-electron chi connectivity index (χ2n) is 5.74. The number of likely N-dealkylation sites (tertiary alicyclic amines) is 1. The van der Waals surface area contributed by atoms with Gasteiger partial charge in [0.05, 0.1) is 11.6 Å². The van der Waals surface area contributed by atoms with Gasteiger partial charge in [0.2, 0.25) is 0 Å². The summed E-state index contributed by atoms with van der Waals surface area (Å²) in [4.78, 5) is 29.8. The predicted octanol–water partition coefficient (Wildman–Crippen LogP) is 0.975. The number of hydrogen-bond donors (Lipinski definition) is 1. The van der Waals surface area contributed by atoms with Crippen LogP contribution in [-0.4, -0.2) is 49.6 Å². The average Bonchev–Trinajstić information content (AvgIpc) is 3.02. The molecular weight excluding hydrogens is 272 g/mol. The number of amides is 1. The topological polar surface area (TPSA) is 87.8 Å². The zero-order valence-electron chi connectivity index (χ0n) is 11.9. The summed E-state index contributed by atoms with van der Waals surface area (Å²) >= 11 is 0. The van der Waals surface area contributed by atoms with E-state index >= 15 is 0 Å². The summed E-state index contributed by atoms with van der Waals surface area (Å²) in [5.74, 6) is -1.08. The molecule has 21 heavy (non-hydrogen) atoms. The Bertz CT molecular complexity index is 739. The number of carbonyl (C=O) groups excluding carboxylic acids is 1. The first-order chi connectivity index (χ1) is 9.90. The van der Waals surface area contributed by atoms with E-state index in [2.05, 4.69) is 10.1 Å². The van der Waals surface area contributed by atoms with E-state index in [4.69, 9.17) is 0 Å². The molecular formula is C14H16N4O3. The molecule has 1 N–H and O–H groups in total. The Labute approximate surface area is 121 Å². The van der Waals surface area contributed by atoms with Crippen molar-refractivity contribution in [3.8, 4) is 0 Å². The molecule has 2 aromatic heterocycles. The summed E-state index contributed by atoms with van der Waals surface area (Å²) in [5, 5.41) is 13.4. The molecule has 1 aliphatic rings. The van der Waals surface area contributed by atoms with Gasteiger partial charge in [-0.3, -0.25) is 9.59 Å². The van der Waals surface area contributed by atoms with Gasteiger partial charge in [0, 0.05) is 25.0 Å². The molecule has 7 heteroatoms. The molecule has 1 unspecified atom stereocenters. The van der Waals surface area contributed by atoms with Gasteiger partial charge in [-0.25, -0.2) is 9.50 Å². The van der Waals surface area contributed by atoms with E-state index in [9.17, 15) is 14.7 Å². The fraction of sp³-hybridized carbons (Fsp3) is 0.429. The summed E-state index contributed by atoms with van der Waals surface area (Å²) in [5.41, 5.74) is 0.841. The van der Waals surface area contributed by atoms with Gasteiger partial charge >= 0.3 is 5.97 Å². The van der Waals surface area contributed by atoms with Crippen molar-refractivity contribution in [1.82, 2.24) is 19.5 Å². The first-order valence-corrected chi connectivity index (χ1v) is 6.74. The molecule has 1 saturated heterocycles. The molecule has 7 nitrogen and oxygen atoms in total. The maximum atomic E-state index is 12.6. The van der Waals surface area contributed by atoms with Crippen molar-refractivity contribution in [3.63, 3.8) is 0 Å². The zero-order chi connectivity index (χ0) is 15.2. The molecule has 3 heterocycles. The molecule has 110 valence electrons. The van der Waals surface area contributed by atoms with E-state index in [1.54, 1.807) is 22.5 Å². The lowest BCUT2D eigenvalue weighted by Gasteiger charge is -2.19. The van der Waals surface area contributed by atoms with Crippen molar-refractivity contribution in [3.05, 3.63) is 29.7 Å². The smallest absolute Gasteiger partial charge is 0.311 e. The van der Waals surface area contributed by atoms with Crippen LogP contribution >= 0.6 is 0 Å². The number of aromatic nitrogens is 3. The second-order valence-corrected chi connectivity index (χ2v) is 5.74. The molecule has 0 radical (unpaired) electrons. The van der Waals surface area contributed by atoms with E-state index in [-0.39, 0.29) is 12.5 Å². The largest absolute Gasteiger partial charge is 0.481 e. The van der Waals surface area contributed by atoms with Gasteiger partial charge in [-0.15, -0.1) is 0 Å². The van der Waals surface area contributed by atoms with Crippen molar-refractivity contribution >= 4 is 17.5 Å². The minimum atomic E-state index is -0.873. The quantitative estimate of drug-likeness (QED) is 0.889. The van der Waals surface area contributed by atoms with Crippen LogP contribution in [0.3, 0.4) is 0 Å². The zero-order valence-corrected chi connectivity index (χ0v) is 11.9. The monoisotopic (exact) mass is 288 g/mol. The summed E-state index contributed by atoms with van der Waals surface area (Å²) < 4.78 is 1.55. The third kappa shape index (κ3) is 2.14. The van der Waals surface area contributed by atoms with E-state index in [1.165, 1.54) is 6.20 Å². The average molecular weight is 288 g/mol. The van der Waals surface area contributed by atoms with Crippen LogP contribution in [0.5, 0.6) is 0 Å². The van der Waals surface area contributed by atoms with Crippen molar-refractivity contribution < 1.29 is 14.7 Å². The van der Waals surface area contributed by atoms with Crippen LogP contribution in [0.15, 0.2) is 18.5 Å². The number of hydrogen-bond acceptors (Lipinski definition) is 4. The van der Waals surface area contributed by atoms with Crippen LogP contribution in [0.25, 0.3) is 5.65 Å². The van der Waals surface area contributed by atoms with Crippen molar-refractivity contribution in [2.75, 3.05) is 13.1 Å². The lowest BCUT2D eigenvalue weighted by Crippen LogP contribution is -2.34. The standard InChI is InChI=1S/C14H16N4O3/c1-9-3-5-18-11(16-9)10(7-15-18)12(19)17-6-4-14(2,8-17)13(20)21/h3,5,7H,4,6,8H2,1-2H3,(H,20,21). The molecule has 0 saturated carbocycles. The van der Waals surface area contributed by atoms with Crippen LogP contribution in [0.4, 0.5) is 0 Å². The number of nitrogens with zero attached hydrogens (tertiary/aromatic N) is 4. The van der Waals surface area contributed by atoms with Gasteiger partial charge in [0.15, 0.2) is 5.65 Å². The molecule has 0 bridgehead atoms. The molecule has 0 spiro atoms. The lowest BCUT2D eigenvalue weighted by atomic mass is 9.90. The maximum Gasteiger partial charge on any atom is 0.311 e. The Morgan fingerprint density at radius 1 is 1.43 bits per heavy atom. The van der Waals surface area contributed by atoms with Gasteiger partial charge in [-0.2, -0.15) is 5.10 Å². The Kier molecular flexibility index (Phi) is 2.93. The summed E-state index contributed by atoms with van der Waals surface area (Å²) in [6.45, 7) is 4.16. The minimum Gasteiger partial charge on any atom is -0.481 e. The van der Waals surface area contributed by atoms with E-state index in [0.717, 1.165) is 5.69 Å². The Morgan fingerprint density at radius 3 is 2.86 bits per heavy atom. The number of carboxylic acid groups (broad SMARTS) is 1. The number of aryl methyl sites for hydroxylation is 1. The van der Waals surface area contributed by atoms with Gasteiger partial charge < -0.3 is 10.0 Å². The number of carboxylic acids is 1. The van der Waals surface area contributed by atoms with Gasteiger partial charge in [-0.1, -0.05) is 0 Å². The molecule has 1 aliphatic heterocycles. The minimum absolute atomic E-state index is 0.213. The van der Waals surface area contributed by atoms with Crippen LogP contribution < -0.4 is 0 Å². The predicted molar refractivity (Wildman–Crippen MR) is 74.0 cm³/mol. The van der Waals surface area contributed by atoms with Gasteiger partial charge in [-0.05, 0) is 26.3 Å². The van der Waals surface area contributed by atoms with Gasteiger partial charge in [0.25, 0.3) is 5.91 Å². The molecule has 1 fully saturated rings. The van der Waals surface area contributed by atoms with E-state index in [0.29, 0.717) is 24.2 Å². The maximum absolute atomic E-state index is 12.6. The van der Waals surface area contributed by atoms with Crippen LogP contribution in [0.1, 0.15) is 29.4 Å². The molecule has 0 aromatic carbocycles. The molecule has 0 aliphatic carbocycles. The first kappa shape index (κ1) is 13.5. The second kappa shape index (κ2) is 4.54. The van der Waals surface area contributed by atoms with Crippen molar-refractivity contribution in [2.45, 2.75) is 20.3 Å². The van der Waals surface area contributed by atoms with Crippen LogP contribution in [-0.2, 0) is 4.79 Å². The van der Waals surface area contributed by atoms with Crippen molar-refractivity contribution in [2.24, 2.45) is 5.41 Å². The van der Waals surface area contributed by atoms with Crippen molar-refractivity contribution in [1.29, 1.82) is 0 Å². The fourth-order valence-corrected chi connectivity index (χ4v) is 2.59. The van der Waals surface area contributed by atoms with Crippen LogP contribution in [0.2, 0.25) is 0 Å². The third-order valence-electron chi connectivity index (χ3n) is 4.02. The molecule has 1 amide bonds. The highest BCUT2D eigenvalue weighted by atomic mass is 16.4. The number of aliphatic carboxylic acids is 1. The highest BCUT2D eigenvalue weighted by Crippen LogP contribution is 2.31. The molecule has 3 rings (SSSR count). The SMILES string of the molecule is Cc1ccn2ncc(C(=O)N3CCC(C)(C(=O)O)C3)c2n1.